The molecule has 1 N–H and O–H groups in total. The quantitative estimate of drug-likeness (QED) is 0.378. The average Bonchev–Trinajstić information content (AvgIpc) is 3.40. The molecule has 4 nitrogen and oxygen atoms in total. The molecule has 1 aliphatic heterocycles. The monoisotopic (exact) mass is 474 g/mol. The Morgan fingerprint density at radius 2 is 1.60 bits per heavy atom. The number of nitrogens with zero attached hydrogens (tertiary/aromatic N) is 3. The molecule has 1 aliphatic rings. The third-order valence-electron chi connectivity index (χ3n) is 5.32. The summed E-state index contributed by atoms with van der Waals surface area (Å²) in [5.41, 5.74) is 4.27. The summed E-state index contributed by atoms with van der Waals surface area (Å²) in [6.07, 6.45) is 3.93. The number of hydrogen-bond donors (Lipinski definition) is 1. The Labute approximate surface area is 189 Å². The lowest BCUT2D eigenvalue weighted by molar-refractivity contribution is 0.549. The van der Waals surface area contributed by atoms with Crippen LogP contribution in [0, 0.1) is 0 Å². The molecule has 5 rings (SSSR count). The van der Waals surface area contributed by atoms with E-state index in [0.29, 0.717) is 5.11 Å². The molecule has 0 unspecified atom stereocenters. The smallest absolute Gasteiger partial charge is 0.174 e. The Hall–Kier alpha value is -2.96. The largest absolute Gasteiger partial charge is 0.351 e. The third kappa shape index (κ3) is 3.42. The van der Waals surface area contributed by atoms with Gasteiger partial charge in [0, 0.05) is 33.9 Å². The highest BCUT2D eigenvalue weighted by Crippen LogP contribution is 2.42. The lowest BCUT2D eigenvalue weighted by Crippen LogP contribution is -2.30. The van der Waals surface area contributed by atoms with Crippen LogP contribution in [0.25, 0.3) is 5.69 Å². The van der Waals surface area contributed by atoms with E-state index in [9.17, 15) is 0 Å². The van der Waals surface area contributed by atoms with Gasteiger partial charge in [-0.25, -0.2) is 0 Å². The lowest BCUT2D eigenvalue weighted by Gasteiger charge is -2.29. The number of rotatable bonds is 4. The highest BCUT2D eigenvalue weighted by molar-refractivity contribution is 9.10. The van der Waals surface area contributed by atoms with E-state index >= 15 is 0 Å². The van der Waals surface area contributed by atoms with Crippen LogP contribution >= 0.6 is 28.1 Å². The molecule has 0 amide bonds. The molecule has 1 fully saturated rings. The zero-order valence-electron chi connectivity index (χ0n) is 16.0. The van der Waals surface area contributed by atoms with Gasteiger partial charge in [0.05, 0.1) is 11.7 Å². The molecule has 30 heavy (non-hydrogen) atoms. The van der Waals surface area contributed by atoms with Crippen molar-refractivity contribution in [3.8, 4) is 5.69 Å². The fourth-order valence-electron chi connectivity index (χ4n) is 3.99. The van der Waals surface area contributed by atoms with Gasteiger partial charge in [-0.1, -0.05) is 40.2 Å². The highest BCUT2D eigenvalue weighted by atomic mass is 79.9. The molecule has 6 heteroatoms. The molecule has 4 aromatic rings. The molecular weight excluding hydrogens is 456 g/mol. The first kappa shape index (κ1) is 19.0. The second-order valence-electron chi connectivity index (χ2n) is 7.11. The third-order valence-corrected chi connectivity index (χ3v) is 6.16. The number of halogens is 1. The topological polar surface area (TPSA) is 33.1 Å². The van der Waals surface area contributed by atoms with Gasteiger partial charge in [0.25, 0.3) is 0 Å². The summed E-state index contributed by atoms with van der Waals surface area (Å²) >= 11 is 9.34. The Kier molecular flexibility index (Phi) is 5.11. The summed E-state index contributed by atoms with van der Waals surface area (Å²) in [5, 5.41) is 4.21. The van der Waals surface area contributed by atoms with E-state index in [4.69, 9.17) is 12.2 Å². The fourth-order valence-corrected chi connectivity index (χ4v) is 4.60. The van der Waals surface area contributed by atoms with E-state index in [1.54, 1.807) is 0 Å². The van der Waals surface area contributed by atoms with Crippen molar-refractivity contribution in [3.63, 3.8) is 0 Å². The van der Waals surface area contributed by atoms with Gasteiger partial charge < -0.3 is 14.8 Å². The summed E-state index contributed by atoms with van der Waals surface area (Å²) in [6.45, 7) is 0. The molecule has 0 bridgehead atoms. The molecule has 3 heterocycles. The normalized spacial score (nSPS) is 18.4. The minimum atomic E-state index is -0.0697. The van der Waals surface area contributed by atoms with Crippen LogP contribution in [0.5, 0.6) is 0 Å². The van der Waals surface area contributed by atoms with Crippen molar-refractivity contribution in [2.24, 2.45) is 0 Å². The van der Waals surface area contributed by atoms with Crippen molar-refractivity contribution in [2.75, 3.05) is 4.90 Å². The van der Waals surface area contributed by atoms with Crippen molar-refractivity contribution in [1.82, 2.24) is 14.9 Å². The second-order valence-corrected chi connectivity index (χ2v) is 8.41. The zero-order chi connectivity index (χ0) is 20.5. The van der Waals surface area contributed by atoms with Crippen LogP contribution in [0.3, 0.4) is 0 Å². The maximum Gasteiger partial charge on any atom is 0.174 e. The molecular formula is C24H19BrN4S. The Balaban J connectivity index is 1.67. The summed E-state index contributed by atoms with van der Waals surface area (Å²) in [6, 6.07) is 28.7. The molecule has 1 saturated heterocycles. The number of thiocarbonyl (C=S) groups is 1. The van der Waals surface area contributed by atoms with Gasteiger partial charge in [0.2, 0.25) is 0 Å². The Morgan fingerprint density at radius 3 is 2.33 bits per heavy atom. The summed E-state index contributed by atoms with van der Waals surface area (Å²) < 4.78 is 3.26. The number of anilines is 1. The number of aromatic nitrogens is 2. The maximum atomic E-state index is 5.81. The van der Waals surface area contributed by atoms with Gasteiger partial charge in [-0.3, -0.25) is 4.98 Å². The first-order chi connectivity index (χ1) is 14.7. The standard InChI is InChI=1S/C24H19BrN4S/c25-17-11-13-19(14-12-17)29-23(22(27-24(29)30)20-9-4-5-15-26-20)21-10-6-16-28(21)18-7-2-1-3-8-18/h1-16,22-23H,(H,27,30)/t22-,23-/m0/s1. The minimum absolute atomic E-state index is 0.0521. The van der Waals surface area contributed by atoms with Gasteiger partial charge in [0.1, 0.15) is 6.04 Å². The fraction of sp³-hybridized carbons (Fsp3) is 0.0833. The Bertz CT molecular complexity index is 1160. The number of nitrogens with one attached hydrogen (secondary N) is 1. The number of benzene rings is 2. The summed E-state index contributed by atoms with van der Waals surface area (Å²) in [5.74, 6) is 0. The van der Waals surface area contributed by atoms with Crippen molar-refractivity contribution in [3.05, 3.63) is 113 Å². The summed E-state index contributed by atoms with van der Waals surface area (Å²) in [7, 11) is 0. The van der Waals surface area contributed by atoms with Crippen LogP contribution in [0.1, 0.15) is 23.5 Å². The molecule has 2 atom stereocenters. The van der Waals surface area contributed by atoms with Crippen LogP contribution < -0.4 is 10.2 Å². The SMILES string of the molecule is S=C1N[C@@H](c2ccccn2)[C@H](c2cccn2-c2ccccc2)N1c1ccc(Br)cc1. The molecule has 0 radical (unpaired) electrons. The predicted octanol–water partition coefficient (Wildman–Crippen LogP) is 5.81. The molecule has 0 aliphatic carbocycles. The van der Waals surface area contributed by atoms with E-state index in [-0.39, 0.29) is 12.1 Å². The van der Waals surface area contributed by atoms with Gasteiger partial charge in [-0.2, -0.15) is 0 Å². The van der Waals surface area contributed by atoms with Crippen molar-refractivity contribution in [1.29, 1.82) is 0 Å². The highest BCUT2D eigenvalue weighted by Gasteiger charge is 2.42. The number of hydrogen-bond acceptors (Lipinski definition) is 2. The lowest BCUT2D eigenvalue weighted by atomic mass is 10.0. The summed E-state index contributed by atoms with van der Waals surface area (Å²) in [4.78, 5) is 6.82. The molecule has 0 saturated carbocycles. The Morgan fingerprint density at radius 1 is 0.833 bits per heavy atom. The van der Waals surface area contributed by atoms with E-state index < -0.39 is 0 Å². The van der Waals surface area contributed by atoms with Gasteiger partial charge in [-0.05, 0) is 72.9 Å². The maximum absolute atomic E-state index is 5.81. The van der Waals surface area contributed by atoms with Gasteiger partial charge >= 0.3 is 0 Å². The van der Waals surface area contributed by atoms with Gasteiger partial charge in [-0.15, -0.1) is 0 Å². The second kappa shape index (κ2) is 8.05. The van der Waals surface area contributed by atoms with E-state index in [2.05, 4.69) is 90.4 Å². The first-order valence-electron chi connectivity index (χ1n) is 9.71. The zero-order valence-corrected chi connectivity index (χ0v) is 18.4. The molecule has 2 aromatic heterocycles. The number of pyridine rings is 1. The number of para-hydroxylation sites is 1. The predicted molar refractivity (Wildman–Crippen MR) is 128 cm³/mol. The van der Waals surface area contributed by atoms with Crippen LogP contribution in [-0.2, 0) is 0 Å². The molecule has 2 aromatic carbocycles. The minimum Gasteiger partial charge on any atom is -0.351 e. The van der Waals surface area contributed by atoms with Crippen LogP contribution in [0.15, 0.2) is 102 Å². The van der Waals surface area contributed by atoms with Crippen LogP contribution in [0.2, 0.25) is 0 Å². The van der Waals surface area contributed by atoms with Gasteiger partial charge in [0.15, 0.2) is 5.11 Å². The molecule has 148 valence electrons. The molecule has 0 spiro atoms. The van der Waals surface area contributed by atoms with Crippen molar-refractivity contribution < 1.29 is 0 Å². The van der Waals surface area contributed by atoms with E-state index in [1.165, 1.54) is 0 Å². The first-order valence-corrected chi connectivity index (χ1v) is 10.9. The average molecular weight is 475 g/mol. The van der Waals surface area contributed by atoms with Crippen LogP contribution in [0.4, 0.5) is 5.69 Å². The van der Waals surface area contributed by atoms with E-state index in [0.717, 1.165) is 27.2 Å². The van der Waals surface area contributed by atoms with Crippen LogP contribution in [-0.4, -0.2) is 14.7 Å². The van der Waals surface area contributed by atoms with Crippen molar-refractivity contribution >= 4 is 38.9 Å². The van der Waals surface area contributed by atoms with E-state index in [1.807, 2.05) is 42.6 Å². The van der Waals surface area contributed by atoms with Crippen molar-refractivity contribution in [2.45, 2.75) is 12.1 Å².